The summed E-state index contributed by atoms with van der Waals surface area (Å²) in [5.41, 5.74) is 0. The van der Waals surface area contributed by atoms with Crippen molar-refractivity contribution < 1.29 is 5.11 Å². The quantitative estimate of drug-likeness (QED) is 0.669. The molecular formula is C10H22N2O. The first-order valence-corrected chi connectivity index (χ1v) is 5.30. The summed E-state index contributed by atoms with van der Waals surface area (Å²) in [5.74, 6) is 0. The van der Waals surface area contributed by atoms with Crippen LogP contribution in [0.15, 0.2) is 0 Å². The van der Waals surface area contributed by atoms with E-state index in [2.05, 4.69) is 17.1 Å². The van der Waals surface area contributed by atoms with Crippen LogP contribution in [0.4, 0.5) is 0 Å². The summed E-state index contributed by atoms with van der Waals surface area (Å²) in [5, 5.41) is 12.6. The van der Waals surface area contributed by atoms with Gasteiger partial charge in [-0.1, -0.05) is 6.42 Å². The molecule has 0 aromatic heterocycles. The van der Waals surface area contributed by atoms with E-state index in [1.807, 2.05) is 7.05 Å². The average Bonchev–Trinajstić information content (AvgIpc) is 2.09. The number of hydrogen-bond donors (Lipinski definition) is 2. The number of nitrogens with zero attached hydrogens (tertiary/aromatic N) is 1. The topological polar surface area (TPSA) is 35.5 Å². The second-order valence-corrected chi connectivity index (χ2v) is 4.05. The van der Waals surface area contributed by atoms with E-state index in [0.717, 1.165) is 13.1 Å². The second-order valence-electron chi connectivity index (χ2n) is 4.05. The molecule has 1 aliphatic heterocycles. The molecule has 0 radical (unpaired) electrons. The zero-order valence-electron chi connectivity index (χ0n) is 8.79. The lowest BCUT2D eigenvalue weighted by molar-refractivity contribution is 0.0742. The van der Waals surface area contributed by atoms with E-state index in [1.54, 1.807) is 0 Å². The van der Waals surface area contributed by atoms with Gasteiger partial charge in [-0.25, -0.2) is 0 Å². The smallest absolute Gasteiger partial charge is 0.0791 e. The van der Waals surface area contributed by atoms with Gasteiger partial charge in [-0.3, -0.25) is 4.90 Å². The van der Waals surface area contributed by atoms with Gasteiger partial charge in [0.1, 0.15) is 0 Å². The van der Waals surface area contributed by atoms with E-state index in [-0.39, 0.29) is 6.10 Å². The molecule has 0 spiro atoms. The fourth-order valence-electron chi connectivity index (χ4n) is 2.00. The molecular weight excluding hydrogens is 164 g/mol. The Morgan fingerprint density at radius 2 is 2.31 bits per heavy atom. The van der Waals surface area contributed by atoms with E-state index in [4.69, 9.17) is 0 Å². The molecule has 1 saturated heterocycles. The number of aliphatic hydroxyl groups excluding tert-OH is 1. The molecule has 1 aliphatic rings. The van der Waals surface area contributed by atoms with Crippen molar-refractivity contribution in [2.75, 3.05) is 26.7 Å². The molecule has 78 valence electrons. The monoisotopic (exact) mass is 186 g/mol. The zero-order chi connectivity index (χ0) is 9.68. The SMILES string of the molecule is CNCC(O)CN1CCCCC1C. The predicted molar refractivity (Wildman–Crippen MR) is 54.8 cm³/mol. The van der Waals surface area contributed by atoms with Gasteiger partial charge in [0.2, 0.25) is 0 Å². The molecule has 1 heterocycles. The highest BCUT2D eigenvalue weighted by molar-refractivity contribution is 4.75. The predicted octanol–water partition coefficient (Wildman–Crippen LogP) is 0.441. The molecule has 0 bridgehead atoms. The molecule has 1 rings (SSSR count). The minimum Gasteiger partial charge on any atom is -0.390 e. The number of β-amino-alcohol motifs (C(OH)–C–C–N with tert-alkyl or cyclic N) is 1. The maximum absolute atomic E-state index is 9.62. The fraction of sp³-hybridized carbons (Fsp3) is 1.00. The lowest BCUT2D eigenvalue weighted by Crippen LogP contribution is -2.44. The molecule has 3 heteroatoms. The molecule has 0 aliphatic carbocycles. The standard InChI is InChI=1S/C10H22N2O/c1-9-5-3-4-6-12(9)8-10(13)7-11-2/h9-11,13H,3-8H2,1-2H3. The minimum absolute atomic E-state index is 0.217. The van der Waals surface area contributed by atoms with E-state index in [0.29, 0.717) is 12.6 Å². The number of rotatable bonds is 4. The van der Waals surface area contributed by atoms with Crippen LogP contribution in [-0.2, 0) is 0 Å². The van der Waals surface area contributed by atoms with Crippen molar-refractivity contribution in [2.45, 2.75) is 38.3 Å². The van der Waals surface area contributed by atoms with Gasteiger partial charge in [0.05, 0.1) is 6.10 Å². The summed E-state index contributed by atoms with van der Waals surface area (Å²) >= 11 is 0. The Hall–Kier alpha value is -0.120. The molecule has 13 heavy (non-hydrogen) atoms. The van der Waals surface area contributed by atoms with Crippen molar-refractivity contribution >= 4 is 0 Å². The van der Waals surface area contributed by atoms with Gasteiger partial charge in [0.15, 0.2) is 0 Å². The average molecular weight is 186 g/mol. The Morgan fingerprint density at radius 3 is 2.92 bits per heavy atom. The van der Waals surface area contributed by atoms with Crippen LogP contribution in [0, 0.1) is 0 Å². The van der Waals surface area contributed by atoms with Crippen molar-refractivity contribution in [1.82, 2.24) is 10.2 Å². The summed E-state index contributed by atoms with van der Waals surface area (Å²) in [4.78, 5) is 2.39. The molecule has 0 saturated carbocycles. The van der Waals surface area contributed by atoms with Gasteiger partial charge in [-0.2, -0.15) is 0 Å². The largest absolute Gasteiger partial charge is 0.390 e. The first-order chi connectivity index (χ1) is 6.24. The number of piperidine rings is 1. The van der Waals surface area contributed by atoms with Crippen molar-refractivity contribution in [3.63, 3.8) is 0 Å². The van der Waals surface area contributed by atoms with Crippen LogP contribution in [0.25, 0.3) is 0 Å². The highest BCUT2D eigenvalue weighted by Gasteiger charge is 2.19. The first-order valence-electron chi connectivity index (χ1n) is 5.30. The van der Waals surface area contributed by atoms with Crippen LogP contribution < -0.4 is 5.32 Å². The maximum atomic E-state index is 9.62. The van der Waals surface area contributed by atoms with Crippen molar-refractivity contribution in [1.29, 1.82) is 0 Å². The van der Waals surface area contributed by atoms with E-state index in [9.17, 15) is 5.11 Å². The Bertz CT molecular complexity index is 141. The highest BCUT2D eigenvalue weighted by Crippen LogP contribution is 2.16. The molecule has 2 atom stereocenters. The summed E-state index contributed by atoms with van der Waals surface area (Å²) in [6.07, 6.45) is 3.70. The van der Waals surface area contributed by atoms with Crippen molar-refractivity contribution in [2.24, 2.45) is 0 Å². The minimum atomic E-state index is -0.217. The van der Waals surface area contributed by atoms with Gasteiger partial charge >= 0.3 is 0 Å². The first kappa shape index (κ1) is 11.0. The maximum Gasteiger partial charge on any atom is 0.0791 e. The molecule has 2 unspecified atom stereocenters. The number of nitrogens with one attached hydrogen (secondary N) is 1. The number of likely N-dealkylation sites (tertiary alicyclic amines) is 1. The van der Waals surface area contributed by atoms with Crippen LogP contribution in [0.1, 0.15) is 26.2 Å². The molecule has 1 fully saturated rings. The third-order valence-electron chi connectivity index (χ3n) is 2.83. The van der Waals surface area contributed by atoms with E-state index in [1.165, 1.54) is 19.3 Å². The lowest BCUT2D eigenvalue weighted by atomic mass is 10.0. The number of likely N-dealkylation sites (N-methyl/N-ethyl adjacent to an activating group) is 1. The fourth-order valence-corrected chi connectivity index (χ4v) is 2.00. The summed E-state index contributed by atoms with van der Waals surface area (Å²) in [6.45, 7) is 4.93. The molecule has 0 aromatic carbocycles. The Morgan fingerprint density at radius 1 is 1.54 bits per heavy atom. The van der Waals surface area contributed by atoms with Gasteiger partial charge in [-0.05, 0) is 33.4 Å². The van der Waals surface area contributed by atoms with Crippen LogP contribution in [0.3, 0.4) is 0 Å². The third-order valence-corrected chi connectivity index (χ3v) is 2.83. The Balaban J connectivity index is 2.25. The lowest BCUT2D eigenvalue weighted by Gasteiger charge is -2.34. The Labute approximate surface area is 81.1 Å². The molecule has 0 amide bonds. The second kappa shape index (κ2) is 5.58. The number of hydrogen-bond acceptors (Lipinski definition) is 3. The van der Waals surface area contributed by atoms with Crippen LogP contribution in [-0.4, -0.2) is 48.8 Å². The highest BCUT2D eigenvalue weighted by atomic mass is 16.3. The van der Waals surface area contributed by atoms with Crippen LogP contribution >= 0.6 is 0 Å². The van der Waals surface area contributed by atoms with Gasteiger partial charge in [0, 0.05) is 19.1 Å². The normalized spacial score (nSPS) is 27.5. The van der Waals surface area contributed by atoms with Crippen LogP contribution in [0.2, 0.25) is 0 Å². The molecule has 3 nitrogen and oxygen atoms in total. The third kappa shape index (κ3) is 3.63. The molecule has 2 N–H and O–H groups in total. The summed E-state index contributed by atoms with van der Waals surface area (Å²) in [7, 11) is 1.88. The van der Waals surface area contributed by atoms with Crippen LogP contribution in [0.5, 0.6) is 0 Å². The van der Waals surface area contributed by atoms with Crippen molar-refractivity contribution in [3.8, 4) is 0 Å². The Kier molecular flexibility index (Phi) is 4.70. The summed E-state index contributed by atoms with van der Waals surface area (Å²) < 4.78 is 0. The molecule has 0 aromatic rings. The summed E-state index contributed by atoms with van der Waals surface area (Å²) in [6, 6.07) is 0.653. The van der Waals surface area contributed by atoms with E-state index >= 15 is 0 Å². The van der Waals surface area contributed by atoms with Gasteiger partial charge in [0.25, 0.3) is 0 Å². The number of aliphatic hydroxyl groups is 1. The van der Waals surface area contributed by atoms with Crippen molar-refractivity contribution in [3.05, 3.63) is 0 Å². The van der Waals surface area contributed by atoms with Gasteiger partial charge in [-0.15, -0.1) is 0 Å². The van der Waals surface area contributed by atoms with E-state index < -0.39 is 0 Å². The van der Waals surface area contributed by atoms with Gasteiger partial charge < -0.3 is 10.4 Å². The zero-order valence-corrected chi connectivity index (χ0v) is 8.79.